The van der Waals surface area contributed by atoms with Crippen LogP contribution in [-0.4, -0.2) is 145 Å². The van der Waals surface area contributed by atoms with Crippen molar-refractivity contribution in [1.29, 1.82) is 0 Å². The predicted molar refractivity (Wildman–Crippen MR) is 256 cm³/mol. The number of nitrogens with zero attached hydrogens (tertiary/aromatic N) is 1. The number of Topliss-reactive ketones (excluding diaryl/α,β-unsaturated/α-hetero) is 3. The number of esters is 1. The molecule has 1 amide bonds. The van der Waals surface area contributed by atoms with Crippen LogP contribution in [0.4, 0.5) is 0 Å². The third-order valence-corrected chi connectivity index (χ3v) is 14.9. The average molecular weight is 958 g/mol. The Morgan fingerprint density at radius 1 is 0.853 bits per heavy atom. The molecule has 2 bridgehead atoms. The highest BCUT2D eigenvalue weighted by molar-refractivity contribution is 6.39. The van der Waals surface area contributed by atoms with Crippen molar-refractivity contribution in [1.82, 2.24) is 4.90 Å². The molecule has 1 saturated carbocycles. The number of amides is 1. The van der Waals surface area contributed by atoms with Crippen molar-refractivity contribution < 1.29 is 67.7 Å². The molecule has 15 atom stereocenters. The van der Waals surface area contributed by atoms with E-state index in [1.165, 1.54) is 12.0 Å². The van der Waals surface area contributed by atoms with Crippen LogP contribution in [0.25, 0.3) is 0 Å². The molecule has 15 nitrogen and oxygen atoms in total. The number of ketones is 3. The van der Waals surface area contributed by atoms with Gasteiger partial charge in [-0.15, -0.1) is 0 Å². The van der Waals surface area contributed by atoms with Crippen LogP contribution in [0.5, 0.6) is 0 Å². The van der Waals surface area contributed by atoms with Crippen LogP contribution in [0.15, 0.2) is 47.6 Å². The quantitative estimate of drug-likeness (QED) is 0.134. The maximum Gasteiger partial charge on any atom is 0.329 e. The maximum atomic E-state index is 14.5. The van der Waals surface area contributed by atoms with Gasteiger partial charge in [0.2, 0.25) is 5.79 Å². The minimum atomic E-state index is -2.43. The molecule has 3 heterocycles. The van der Waals surface area contributed by atoms with Gasteiger partial charge in [-0.05, 0) is 107 Å². The molecule has 4 rings (SSSR count). The Bertz CT molecular complexity index is 1810. The predicted octanol–water partition coefficient (Wildman–Crippen LogP) is 6.20. The summed E-state index contributed by atoms with van der Waals surface area (Å²) in [5, 5.41) is 32.8. The van der Waals surface area contributed by atoms with Crippen LogP contribution >= 0.6 is 0 Å². The number of hydrogen-bond acceptors (Lipinski definition) is 14. The van der Waals surface area contributed by atoms with E-state index in [2.05, 4.69) is 0 Å². The number of carbonyl (C=O) groups excluding carboxylic acids is 5. The van der Waals surface area contributed by atoms with Crippen molar-refractivity contribution >= 4 is 29.2 Å². The molecule has 3 fully saturated rings. The zero-order chi connectivity index (χ0) is 50.3. The Labute approximate surface area is 405 Å². The molecule has 1 unspecified atom stereocenters. The molecule has 0 aromatic carbocycles. The Balaban J connectivity index is 1.70. The van der Waals surface area contributed by atoms with Gasteiger partial charge in [-0.1, -0.05) is 71.1 Å². The first-order chi connectivity index (χ1) is 32.3. The highest BCUT2D eigenvalue weighted by atomic mass is 16.6. The van der Waals surface area contributed by atoms with E-state index in [4.69, 9.17) is 28.4 Å². The number of piperidine rings is 1. The first kappa shape index (κ1) is 57.2. The first-order valence-electron chi connectivity index (χ1n) is 25.0. The van der Waals surface area contributed by atoms with Crippen molar-refractivity contribution in [2.45, 2.75) is 180 Å². The summed E-state index contributed by atoms with van der Waals surface area (Å²) < 4.78 is 35.6. The molecule has 384 valence electrons. The summed E-state index contributed by atoms with van der Waals surface area (Å²) >= 11 is 0. The number of rotatable bonds is 9. The van der Waals surface area contributed by atoms with E-state index in [-0.39, 0.29) is 74.1 Å². The second-order valence-electron chi connectivity index (χ2n) is 20.2. The minimum Gasteiger partial charge on any atom is -0.460 e. The van der Waals surface area contributed by atoms with Gasteiger partial charge in [-0.2, -0.15) is 0 Å². The van der Waals surface area contributed by atoms with Crippen molar-refractivity contribution in [3.05, 3.63) is 47.6 Å². The molecule has 15 heteroatoms. The number of carbonyl (C=O) groups is 5. The molecular weight excluding hydrogens is 875 g/mol. The highest BCUT2D eigenvalue weighted by Gasteiger charge is 2.53. The van der Waals surface area contributed by atoms with E-state index in [1.807, 2.05) is 58.1 Å². The van der Waals surface area contributed by atoms with Crippen molar-refractivity contribution in [2.24, 2.45) is 35.5 Å². The average Bonchev–Trinajstić information content (AvgIpc) is 3.32. The van der Waals surface area contributed by atoms with Gasteiger partial charge in [-0.3, -0.25) is 19.2 Å². The summed E-state index contributed by atoms with van der Waals surface area (Å²) in [4.78, 5) is 72.1. The molecule has 1 aliphatic carbocycles. The molecule has 0 spiro atoms. The van der Waals surface area contributed by atoms with E-state index >= 15 is 0 Å². The fraction of sp³-hybridized carbons (Fsp3) is 0.755. The number of hydrogen-bond donors (Lipinski definition) is 3. The molecule has 3 aliphatic heterocycles. The van der Waals surface area contributed by atoms with Gasteiger partial charge in [-0.25, -0.2) is 4.79 Å². The molecule has 0 aromatic heterocycles. The van der Waals surface area contributed by atoms with Gasteiger partial charge in [0.1, 0.15) is 30.1 Å². The third kappa shape index (κ3) is 15.3. The molecule has 0 radical (unpaired) electrons. The number of cyclic esters (lactones) is 1. The Morgan fingerprint density at radius 3 is 2.26 bits per heavy atom. The van der Waals surface area contributed by atoms with E-state index in [0.717, 1.165) is 12.0 Å². The SMILES string of the molecule is CO[C@H]1C[C@@H]2CC[C@@H](C)[C@@](O)(O2)C(=O)C(=O)N2CCCC[C@H]2C(=O)OC([C@H](C)C[C@@H]2CC[C@@H](OCCO)[C@H](OC)C2)CC(=O)[C@H](C)/C=C(\C)[C@@H](O)[C@@H](OC)C(=O)[C@H](C)C[C@H](C)/C=C/C=CC=C1C. The van der Waals surface area contributed by atoms with E-state index in [1.54, 1.807) is 41.1 Å². The summed E-state index contributed by atoms with van der Waals surface area (Å²) in [5.41, 5.74) is 1.26. The van der Waals surface area contributed by atoms with Crippen LogP contribution in [0, 0.1) is 35.5 Å². The normalized spacial score (nSPS) is 37.9. The van der Waals surface area contributed by atoms with Gasteiger partial charge in [0, 0.05) is 58.5 Å². The van der Waals surface area contributed by atoms with Gasteiger partial charge < -0.3 is 48.6 Å². The third-order valence-electron chi connectivity index (χ3n) is 14.9. The summed E-state index contributed by atoms with van der Waals surface area (Å²) in [7, 11) is 4.58. The van der Waals surface area contributed by atoms with Crippen LogP contribution in [0.3, 0.4) is 0 Å². The van der Waals surface area contributed by atoms with Crippen LogP contribution in [0.2, 0.25) is 0 Å². The summed E-state index contributed by atoms with van der Waals surface area (Å²) in [6.07, 6.45) is 12.0. The second kappa shape index (κ2) is 27.3. The number of aliphatic hydroxyl groups is 3. The first-order valence-corrected chi connectivity index (χ1v) is 25.0. The minimum absolute atomic E-state index is 0.0158. The van der Waals surface area contributed by atoms with E-state index < -0.39 is 77.8 Å². The lowest BCUT2D eigenvalue weighted by atomic mass is 9.78. The number of fused-ring (bicyclic) bond motifs is 3. The largest absolute Gasteiger partial charge is 0.460 e. The summed E-state index contributed by atoms with van der Waals surface area (Å²) in [5.74, 6) is -7.96. The topological polar surface area (TPSA) is 205 Å². The zero-order valence-electron chi connectivity index (χ0n) is 42.4. The fourth-order valence-electron chi connectivity index (χ4n) is 10.5. The lowest BCUT2D eigenvalue weighted by Gasteiger charge is -2.42. The Hall–Kier alpha value is -3.41. The van der Waals surface area contributed by atoms with Crippen molar-refractivity contribution in [2.75, 3.05) is 41.1 Å². The number of aliphatic hydroxyl groups excluding tert-OH is 2. The van der Waals surface area contributed by atoms with Gasteiger partial charge in [0.05, 0.1) is 37.6 Å². The van der Waals surface area contributed by atoms with Crippen molar-refractivity contribution in [3.63, 3.8) is 0 Å². The summed E-state index contributed by atoms with van der Waals surface area (Å²) in [6.45, 7) is 12.9. The molecule has 2 saturated heterocycles. The summed E-state index contributed by atoms with van der Waals surface area (Å²) in [6, 6.07) is -1.14. The molecular formula is C53H83NO14. The molecule has 0 aromatic rings. The van der Waals surface area contributed by atoms with E-state index in [0.29, 0.717) is 63.4 Å². The van der Waals surface area contributed by atoms with Gasteiger partial charge in [0.15, 0.2) is 5.78 Å². The molecule has 68 heavy (non-hydrogen) atoms. The number of methoxy groups -OCH3 is 3. The van der Waals surface area contributed by atoms with Gasteiger partial charge >= 0.3 is 5.97 Å². The Kier molecular flexibility index (Phi) is 22.9. The van der Waals surface area contributed by atoms with Crippen molar-refractivity contribution in [3.8, 4) is 0 Å². The second-order valence-corrected chi connectivity index (χ2v) is 20.2. The zero-order valence-corrected chi connectivity index (χ0v) is 42.4. The maximum absolute atomic E-state index is 14.5. The monoisotopic (exact) mass is 958 g/mol. The van der Waals surface area contributed by atoms with Crippen LogP contribution < -0.4 is 0 Å². The lowest BCUT2D eigenvalue weighted by Crippen LogP contribution is -2.61. The number of ether oxygens (including phenoxy) is 6. The Morgan fingerprint density at radius 2 is 1.59 bits per heavy atom. The highest BCUT2D eigenvalue weighted by Crippen LogP contribution is 2.38. The smallest absolute Gasteiger partial charge is 0.329 e. The molecule has 3 N–H and O–H groups in total. The standard InChI is InChI=1S/C53H83NO14/c1-32-16-12-11-13-17-33(2)44(63-8)30-40-21-19-38(7)53(62,68-40)50(59)51(60)54-23-15-14-18-41(54)52(61)67-45(35(4)28-39-20-22-43(66-25-24-55)46(29-39)64-9)31-42(56)34(3)27-37(6)48(58)49(65-10)47(57)36(5)26-32/h11-13,16-17,27,32,34-36,38-41,43-46,48-49,55,58,62H,14-15,18-26,28-31H2,1-10H3/b13-11?,16-12+,33-17?,37-27+/t32-,34-,35-,36-,38-,39+,40+,41+,43-,44+,45?,46-,48-,49+,53-/m1/s1. The fourth-order valence-corrected chi connectivity index (χ4v) is 10.5. The van der Waals surface area contributed by atoms with Crippen LogP contribution in [0.1, 0.15) is 126 Å². The van der Waals surface area contributed by atoms with Crippen LogP contribution in [-0.2, 0) is 52.4 Å². The van der Waals surface area contributed by atoms with E-state index in [9.17, 15) is 39.3 Å². The number of allylic oxidation sites excluding steroid dienone is 6. The lowest BCUT2D eigenvalue weighted by molar-refractivity contribution is -0.265. The van der Waals surface area contributed by atoms with Gasteiger partial charge in [0.25, 0.3) is 11.7 Å². The molecule has 4 aliphatic rings.